The number of hydrogen-bond acceptors (Lipinski definition) is 5. The monoisotopic (exact) mass is 413 g/mol. The molecule has 29 heavy (non-hydrogen) atoms. The summed E-state index contributed by atoms with van der Waals surface area (Å²) in [4.78, 5) is 29.3. The lowest BCUT2D eigenvalue weighted by atomic mass is 10.0. The minimum atomic E-state index is 0.00104. The smallest absolute Gasteiger partial charge is 0.252 e. The molecule has 2 aliphatic rings. The van der Waals surface area contributed by atoms with E-state index < -0.39 is 0 Å². The normalized spacial score (nSPS) is 17.6. The van der Waals surface area contributed by atoms with Crippen LogP contribution in [-0.2, 0) is 11.2 Å². The first kappa shape index (κ1) is 19.9. The Morgan fingerprint density at radius 1 is 1.21 bits per heavy atom. The van der Waals surface area contributed by atoms with Gasteiger partial charge in [-0.05, 0) is 60.9 Å². The first-order valence-electron chi connectivity index (χ1n) is 10.2. The summed E-state index contributed by atoms with van der Waals surface area (Å²) in [5, 5.41) is 6.90. The predicted octanol–water partition coefficient (Wildman–Crippen LogP) is 2.93. The van der Waals surface area contributed by atoms with Gasteiger partial charge in [-0.3, -0.25) is 14.5 Å². The lowest BCUT2D eigenvalue weighted by molar-refractivity contribution is -0.120. The van der Waals surface area contributed by atoms with Gasteiger partial charge in [-0.25, -0.2) is 0 Å². The van der Waals surface area contributed by atoms with E-state index in [9.17, 15) is 9.59 Å². The number of methoxy groups -OCH3 is 1. The van der Waals surface area contributed by atoms with Gasteiger partial charge in [0, 0.05) is 42.3 Å². The Morgan fingerprint density at radius 2 is 2.03 bits per heavy atom. The maximum absolute atomic E-state index is 13.0. The first-order valence-corrected chi connectivity index (χ1v) is 11.1. The Balaban J connectivity index is 1.30. The molecule has 0 spiro atoms. The van der Waals surface area contributed by atoms with Gasteiger partial charge in [-0.1, -0.05) is 0 Å². The Morgan fingerprint density at radius 3 is 2.76 bits per heavy atom. The number of ether oxygens (including phenoxy) is 1. The van der Waals surface area contributed by atoms with Crippen LogP contribution < -0.4 is 15.0 Å². The van der Waals surface area contributed by atoms with Crippen molar-refractivity contribution < 1.29 is 14.3 Å². The molecule has 1 N–H and O–H groups in total. The quantitative estimate of drug-likeness (QED) is 0.819. The van der Waals surface area contributed by atoms with Gasteiger partial charge in [0.15, 0.2) is 0 Å². The van der Waals surface area contributed by atoms with Crippen LogP contribution in [0.2, 0.25) is 0 Å². The SMILES string of the molecule is COc1ccc2c(c1)CCCN2C(=O)CN1CCC(NC(=O)c2ccsc2)CC1. The molecule has 1 aromatic heterocycles. The van der Waals surface area contributed by atoms with E-state index in [-0.39, 0.29) is 17.9 Å². The molecule has 0 bridgehead atoms. The van der Waals surface area contributed by atoms with Crippen LogP contribution in [0, 0.1) is 0 Å². The third-order valence-electron chi connectivity index (χ3n) is 5.77. The van der Waals surface area contributed by atoms with Crippen LogP contribution in [0.5, 0.6) is 5.75 Å². The van der Waals surface area contributed by atoms with E-state index in [1.54, 1.807) is 7.11 Å². The third-order valence-corrected chi connectivity index (χ3v) is 6.45. The standard InChI is InChI=1S/C22H27N3O3S/c1-28-19-4-5-20-16(13-19)3-2-9-25(20)21(26)14-24-10-6-18(7-11-24)23-22(27)17-8-12-29-15-17/h4-5,8,12-13,15,18H,2-3,6-7,9-11,14H2,1H3,(H,23,27). The molecule has 0 radical (unpaired) electrons. The van der Waals surface area contributed by atoms with Gasteiger partial charge in [0.25, 0.3) is 5.91 Å². The van der Waals surface area contributed by atoms with Crippen molar-refractivity contribution in [2.24, 2.45) is 0 Å². The molecule has 2 aromatic rings. The Labute approximate surface area is 175 Å². The summed E-state index contributed by atoms with van der Waals surface area (Å²) in [5.74, 6) is 0.989. The summed E-state index contributed by atoms with van der Waals surface area (Å²) >= 11 is 1.53. The highest BCUT2D eigenvalue weighted by molar-refractivity contribution is 7.08. The van der Waals surface area contributed by atoms with Crippen LogP contribution in [0.25, 0.3) is 0 Å². The van der Waals surface area contributed by atoms with Crippen molar-refractivity contribution in [1.82, 2.24) is 10.2 Å². The van der Waals surface area contributed by atoms with Crippen molar-refractivity contribution >= 4 is 28.8 Å². The van der Waals surface area contributed by atoms with Gasteiger partial charge in [0.2, 0.25) is 5.91 Å². The van der Waals surface area contributed by atoms with Crippen molar-refractivity contribution in [1.29, 1.82) is 0 Å². The lowest BCUT2D eigenvalue weighted by Gasteiger charge is -2.35. The molecule has 1 aromatic carbocycles. The van der Waals surface area contributed by atoms with Gasteiger partial charge < -0.3 is 15.0 Å². The molecule has 6 nitrogen and oxygen atoms in total. The number of rotatable bonds is 5. The van der Waals surface area contributed by atoms with E-state index in [0.717, 1.165) is 62.3 Å². The van der Waals surface area contributed by atoms with Gasteiger partial charge in [0.1, 0.15) is 5.75 Å². The lowest BCUT2D eigenvalue weighted by Crippen LogP contribution is -2.48. The Bertz CT molecular complexity index is 860. The zero-order chi connectivity index (χ0) is 20.2. The molecule has 4 rings (SSSR count). The number of hydrogen-bond donors (Lipinski definition) is 1. The van der Waals surface area contributed by atoms with Crippen molar-refractivity contribution in [3.05, 3.63) is 46.2 Å². The predicted molar refractivity (Wildman–Crippen MR) is 115 cm³/mol. The second-order valence-corrected chi connectivity index (χ2v) is 8.46. The molecule has 154 valence electrons. The fraction of sp³-hybridized carbons (Fsp3) is 0.455. The number of nitrogens with one attached hydrogen (secondary N) is 1. The first-order chi connectivity index (χ1) is 14.1. The molecule has 2 amide bonds. The number of anilines is 1. The van der Waals surface area contributed by atoms with E-state index in [1.807, 2.05) is 39.9 Å². The van der Waals surface area contributed by atoms with Crippen LogP contribution in [-0.4, -0.2) is 56.0 Å². The molecule has 0 unspecified atom stereocenters. The third kappa shape index (κ3) is 4.62. The maximum Gasteiger partial charge on any atom is 0.252 e. The second-order valence-electron chi connectivity index (χ2n) is 7.68. The van der Waals surface area contributed by atoms with Gasteiger partial charge >= 0.3 is 0 Å². The molecule has 2 aliphatic heterocycles. The van der Waals surface area contributed by atoms with E-state index in [0.29, 0.717) is 6.54 Å². The van der Waals surface area contributed by atoms with Crippen LogP contribution in [0.1, 0.15) is 35.2 Å². The van der Waals surface area contributed by atoms with E-state index in [2.05, 4.69) is 10.2 Å². The van der Waals surface area contributed by atoms with E-state index >= 15 is 0 Å². The summed E-state index contributed by atoms with van der Waals surface area (Å²) in [6, 6.07) is 7.98. The van der Waals surface area contributed by atoms with Crippen molar-refractivity contribution in [2.45, 2.75) is 31.7 Å². The second kappa shape index (κ2) is 8.97. The number of aryl methyl sites for hydroxylation is 1. The average molecular weight is 414 g/mol. The number of fused-ring (bicyclic) bond motifs is 1. The number of piperidine rings is 1. The van der Waals surface area contributed by atoms with Crippen molar-refractivity contribution in [3.63, 3.8) is 0 Å². The highest BCUT2D eigenvalue weighted by Crippen LogP contribution is 2.30. The minimum absolute atomic E-state index is 0.00104. The number of thiophene rings is 1. The average Bonchev–Trinajstić information content (AvgIpc) is 3.29. The van der Waals surface area contributed by atoms with Crippen LogP contribution in [0.4, 0.5) is 5.69 Å². The Hall–Kier alpha value is -2.38. The van der Waals surface area contributed by atoms with Crippen LogP contribution >= 0.6 is 11.3 Å². The number of nitrogens with zero attached hydrogens (tertiary/aromatic N) is 2. The fourth-order valence-corrected chi connectivity index (χ4v) is 4.77. The maximum atomic E-state index is 13.0. The molecule has 1 fully saturated rings. The number of carbonyl (C=O) groups excluding carboxylic acids is 2. The summed E-state index contributed by atoms with van der Waals surface area (Å²) < 4.78 is 5.32. The van der Waals surface area contributed by atoms with Gasteiger partial charge in [-0.15, -0.1) is 0 Å². The molecule has 3 heterocycles. The Kier molecular flexibility index (Phi) is 6.16. The van der Waals surface area contributed by atoms with E-state index in [4.69, 9.17) is 4.74 Å². The van der Waals surface area contributed by atoms with Crippen molar-refractivity contribution in [2.75, 3.05) is 38.2 Å². The summed E-state index contributed by atoms with van der Waals surface area (Å²) in [7, 11) is 1.67. The van der Waals surface area contributed by atoms with Gasteiger partial charge in [0.05, 0.1) is 13.7 Å². The topological polar surface area (TPSA) is 61.9 Å². The molecule has 0 aliphatic carbocycles. The highest BCUT2D eigenvalue weighted by atomic mass is 32.1. The van der Waals surface area contributed by atoms with E-state index in [1.165, 1.54) is 16.9 Å². The molecule has 7 heteroatoms. The minimum Gasteiger partial charge on any atom is -0.497 e. The summed E-state index contributed by atoms with van der Waals surface area (Å²) in [6.07, 6.45) is 3.70. The highest BCUT2D eigenvalue weighted by Gasteiger charge is 2.27. The zero-order valence-corrected chi connectivity index (χ0v) is 17.5. The summed E-state index contributed by atoms with van der Waals surface area (Å²) in [5.41, 5.74) is 2.92. The van der Waals surface area contributed by atoms with Crippen molar-refractivity contribution in [3.8, 4) is 5.75 Å². The molecular formula is C22H27N3O3S. The molecule has 0 atom stereocenters. The number of carbonyl (C=O) groups is 2. The fourth-order valence-electron chi connectivity index (χ4n) is 4.13. The molecule has 1 saturated heterocycles. The molecular weight excluding hydrogens is 386 g/mol. The number of likely N-dealkylation sites (tertiary alicyclic amines) is 1. The zero-order valence-electron chi connectivity index (χ0n) is 16.7. The van der Waals surface area contributed by atoms with Gasteiger partial charge in [-0.2, -0.15) is 11.3 Å². The largest absolute Gasteiger partial charge is 0.497 e. The number of amides is 2. The number of benzene rings is 1. The van der Waals surface area contributed by atoms with Crippen LogP contribution in [0.15, 0.2) is 35.0 Å². The summed E-state index contributed by atoms with van der Waals surface area (Å²) in [6.45, 7) is 2.84. The molecule has 0 saturated carbocycles. The van der Waals surface area contributed by atoms with Crippen LogP contribution in [0.3, 0.4) is 0 Å².